The fourth-order valence-electron chi connectivity index (χ4n) is 3.51. The van der Waals surface area contributed by atoms with E-state index < -0.39 is 0 Å². The van der Waals surface area contributed by atoms with Crippen molar-refractivity contribution in [3.8, 4) is 5.75 Å². The lowest BCUT2D eigenvalue weighted by Gasteiger charge is -2.08. The average molecular weight is 486 g/mol. The summed E-state index contributed by atoms with van der Waals surface area (Å²) in [5.74, 6) is 1.57. The van der Waals surface area contributed by atoms with Gasteiger partial charge in [0.05, 0.1) is 7.11 Å². The third-order valence-electron chi connectivity index (χ3n) is 5.47. The highest BCUT2D eigenvalue weighted by Crippen LogP contribution is 2.23. The molecule has 1 aromatic heterocycles. The van der Waals surface area contributed by atoms with Gasteiger partial charge >= 0.3 is 0 Å². The number of hydrogen-bond acceptors (Lipinski definition) is 5. The third kappa shape index (κ3) is 6.55. The molecular weight excluding hydrogens is 458 g/mol. The Morgan fingerprint density at radius 3 is 2.51 bits per heavy atom. The van der Waals surface area contributed by atoms with Crippen molar-refractivity contribution in [1.29, 1.82) is 0 Å². The Hall–Kier alpha value is -3.97. The number of methoxy groups -OCH3 is 1. The molecule has 1 amide bonds. The highest BCUT2D eigenvalue weighted by atomic mass is 32.1. The second-order valence-corrected chi connectivity index (χ2v) is 8.82. The van der Waals surface area contributed by atoms with Crippen LogP contribution in [0.4, 0.5) is 5.69 Å². The number of anilines is 1. The summed E-state index contributed by atoms with van der Waals surface area (Å²) in [4.78, 5) is 16.8. The van der Waals surface area contributed by atoms with Crippen LogP contribution < -0.4 is 15.4 Å². The molecule has 6 nitrogen and oxygen atoms in total. The van der Waals surface area contributed by atoms with Crippen LogP contribution in [-0.4, -0.2) is 23.1 Å². The smallest absolute Gasteiger partial charge is 0.250 e. The van der Waals surface area contributed by atoms with Crippen LogP contribution in [0, 0.1) is 0 Å². The molecule has 0 radical (unpaired) electrons. The maximum atomic E-state index is 12.2. The molecule has 4 aromatic rings. The summed E-state index contributed by atoms with van der Waals surface area (Å²) in [6.45, 7) is 4.32. The molecule has 0 saturated heterocycles. The fourth-order valence-corrected chi connectivity index (χ4v) is 3.73. The Morgan fingerprint density at radius 2 is 1.83 bits per heavy atom. The second kappa shape index (κ2) is 11.0. The van der Waals surface area contributed by atoms with E-state index in [-0.39, 0.29) is 11.0 Å². The van der Waals surface area contributed by atoms with Gasteiger partial charge in [-0.05, 0) is 77.3 Å². The number of nitrogens with one attached hydrogen (secondary N) is 2. The molecule has 0 fully saturated rings. The van der Waals surface area contributed by atoms with E-state index >= 15 is 0 Å². The molecule has 0 atom stereocenters. The van der Waals surface area contributed by atoms with Crippen LogP contribution in [0.5, 0.6) is 5.75 Å². The zero-order chi connectivity index (χ0) is 24.8. The van der Waals surface area contributed by atoms with Crippen molar-refractivity contribution in [3.05, 3.63) is 95.4 Å². The molecule has 3 aromatic carbocycles. The standard InChI is InChI=1S/C28H27N3O3S/c1-18(2)21-9-14-25-24(17-21)30-27(34-25)16-20-4-10-22(11-5-20)29-28(35)31-26(32)15-8-19-6-12-23(33-3)13-7-19/h4-15,17-18H,16H2,1-3H3,(H2,29,31,32,35)/b15-8+. The van der Waals surface area contributed by atoms with Crippen molar-refractivity contribution in [2.24, 2.45) is 0 Å². The summed E-state index contributed by atoms with van der Waals surface area (Å²) < 4.78 is 11.0. The van der Waals surface area contributed by atoms with Crippen molar-refractivity contribution in [3.63, 3.8) is 0 Å². The van der Waals surface area contributed by atoms with Gasteiger partial charge in [-0.15, -0.1) is 0 Å². The summed E-state index contributed by atoms with van der Waals surface area (Å²) in [6.07, 6.45) is 3.73. The molecule has 7 heteroatoms. The maximum Gasteiger partial charge on any atom is 0.250 e. The molecule has 2 N–H and O–H groups in total. The number of hydrogen-bond donors (Lipinski definition) is 2. The first-order valence-electron chi connectivity index (χ1n) is 11.3. The number of rotatable bonds is 7. The van der Waals surface area contributed by atoms with Crippen LogP contribution in [0.1, 0.15) is 42.3 Å². The number of benzene rings is 3. The number of nitrogens with zero attached hydrogens (tertiary/aromatic N) is 1. The van der Waals surface area contributed by atoms with Crippen LogP contribution in [0.3, 0.4) is 0 Å². The first kappa shape index (κ1) is 24.2. The van der Waals surface area contributed by atoms with E-state index in [4.69, 9.17) is 21.4 Å². The SMILES string of the molecule is COc1ccc(/C=C/C(=O)NC(=S)Nc2ccc(Cc3nc4cc(C(C)C)ccc4o3)cc2)cc1. The number of aromatic nitrogens is 1. The highest BCUT2D eigenvalue weighted by molar-refractivity contribution is 7.80. The first-order chi connectivity index (χ1) is 16.9. The summed E-state index contributed by atoms with van der Waals surface area (Å²) >= 11 is 5.26. The maximum absolute atomic E-state index is 12.2. The van der Waals surface area contributed by atoms with Gasteiger partial charge in [-0.2, -0.15) is 0 Å². The van der Waals surface area contributed by atoms with E-state index in [0.29, 0.717) is 18.2 Å². The van der Waals surface area contributed by atoms with Crippen LogP contribution >= 0.6 is 12.2 Å². The summed E-state index contributed by atoms with van der Waals surface area (Å²) in [5.41, 5.74) is 5.64. The number of ether oxygens (including phenoxy) is 1. The molecule has 0 saturated carbocycles. The van der Waals surface area contributed by atoms with Gasteiger partial charge in [0.2, 0.25) is 5.91 Å². The zero-order valence-corrected chi connectivity index (χ0v) is 20.7. The Labute approximate surface area is 210 Å². The monoisotopic (exact) mass is 485 g/mol. The van der Waals surface area contributed by atoms with Crippen molar-refractivity contribution in [2.75, 3.05) is 12.4 Å². The molecule has 0 unspecified atom stereocenters. The summed E-state index contributed by atoms with van der Waals surface area (Å²) in [7, 11) is 1.61. The van der Waals surface area contributed by atoms with Gasteiger partial charge in [0, 0.05) is 18.2 Å². The van der Waals surface area contributed by atoms with E-state index in [1.807, 2.05) is 54.6 Å². The van der Waals surface area contributed by atoms with Gasteiger partial charge in [0.1, 0.15) is 11.3 Å². The van der Waals surface area contributed by atoms with Gasteiger partial charge in [0.25, 0.3) is 0 Å². The molecular formula is C28H27N3O3S. The molecule has 35 heavy (non-hydrogen) atoms. The van der Waals surface area contributed by atoms with Crippen molar-refractivity contribution >= 4 is 46.1 Å². The lowest BCUT2D eigenvalue weighted by Crippen LogP contribution is -2.32. The predicted octanol–water partition coefficient (Wildman–Crippen LogP) is 6.08. The van der Waals surface area contributed by atoms with E-state index in [2.05, 4.69) is 41.6 Å². The minimum atomic E-state index is -0.313. The number of oxazole rings is 1. The van der Waals surface area contributed by atoms with Crippen molar-refractivity contribution in [2.45, 2.75) is 26.2 Å². The predicted molar refractivity (Wildman–Crippen MR) is 144 cm³/mol. The van der Waals surface area contributed by atoms with Crippen LogP contribution in [0.2, 0.25) is 0 Å². The molecule has 0 aliphatic carbocycles. The third-order valence-corrected chi connectivity index (χ3v) is 5.67. The molecule has 0 aliphatic heterocycles. The molecule has 0 spiro atoms. The minimum Gasteiger partial charge on any atom is -0.497 e. The van der Waals surface area contributed by atoms with Crippen LogP contribution in [0.15, 0.2) is 77.2 Å². The lowest BCUT2D eigenvalue weighted by atomic mass is 10.0. The zero-order valence-electron chi connectivity index (χ0n) is 19.9. The Balaban J connectivity index is 1.30. The molecule has 0 bridgehead atoms. The molecule has 178 valence electrons. The molecule has 1 heterocycles. The number of amides is 1. The Morgan fingerprint density at radius 1 is 1.09 bits per heavy atom. The lowest BCUT2D eigenvalue weighted by molar-refractivity contribution is -0.115. The number of thiocarbonyl (C=S) groups is 1. The normalized spacial score (nSPS) is 11.2. The fraction of sp³-hybridized carbons (Fsp3) is 0.179. The topological polar surface area (TPSA) is 76.4 Å². The number of fused-ring (bicyclic) bond motifs is 1. The quantitative estimate of drug-likeness (QED) is 0.244. The van der Waals surface area contributed by atoms with Gasteiger partial charge < -0.3 is 14.5 Å². The minimum absolute atomic E-state index is 0.224. The van der Waals surface area contributed by atoms with Crippen LogP contribution in [0.25, 0.3) is 17.2 Å². The van der Waals surface area contributed by atoms with E-state index in [9.17, 15) is 4.79 Å². The largest absolute Gasteiger partial charge is 0.497 e. The van der Waals surface area contributed by atoms with E-state index in [1.54, 1.807) is 13.2 Å². The van der Waals surface area contributed by atoms with Crippen molar-refractivity contribution < 1.29 is 13.9 Å². The highest BCUT2D eigenvalue weighted by Gasteiger charge is 2.09. The molecule has 0 aliphatic rings. The van der Waals surface area contributed by atoms with Crippen molar-refractivity contribution in [1.82, 2.24) is 10.3 Å². The molecule has 4 rings (SSSR count). The van der Waals surface area contributed by atoms with Gasteiger partial charge in [-0.25, -0.2) is 4.98 Å². The van der Waals surface area contributed by atoms with Gasteiger partial charge in [-0.1, -0.05) is 44.2 Å². The van der Waals surface area contributed by atoms with Gasteiger partial charge in [-0.3, -0.25) is 10.1 Å². The Bertz CT molecular complexity index is 1360. The van der Waals surface area contributed by atoms with E-state index in [1.165, 1.54) is 11.6 Å². The first-order valence-corrected chi connectivity index (χ1v) is 11.7. The second-order valence-electron chi connectivity index (χ2n) is 8.41. The average Bonchev–Trinajstić information content (AvgIpc) is 3.25. The summed E-state index contributed by atoms with van der Waals surface area (Å²) in [5, 5.41) is 5.90. The van der Waals surface area contributed by atoms with Crippen LogP contribution in [-0.2, 0) is 11.2 Å². The number of carbonyl (C=O) groups excluding carboxylic acids is 1. The number of carbonyl (C=O) groups is 1. The van der Waals surface area contributed by atoms with Gasteiger partial charge in [0.15, 0.2) is 16.6 Å². The van der Waals surface area contributed by atoms with E-state index in [0.717, 1.165) is 33.7 Å². The Kier molecular flexibility index (Phi) is 7.57. The summed E-state index contributed by atoms with van der Waals surface area (Å²) in [6, 6.07) is 21.3.